The van der Waals surface area contributed by atoms with E-state index in [1.165, 1.54) is 12.1 Å². The lowest BCUT2D eigenvalue weighted by molar-refractivity contribution is -0.384. The van der Waals surface area contributed by atoms with Gasteiger partial charge in [-0.1, -0.05) is 60.7 Å². The van der Waals surface area contributed by atoms with E-state index in [-0.39, 0.29) is 33.1 Å². The molecule has 208 valence electrons. The summed E-state index contributed by atoms with van der Waals surface area (Å²) in [5.41, 5.74) is 9.91. The van der Waals surface area contributed by atoms with Gasteiger partial charge in [-0.3, -0.25) is 30.2 Å². The van der Waals surface area contributed by atoms with Gasteiger partial charge in [-0.05, 0) is 76.6 Å². The molecule has 6 aromatic rings. The van der Waals surface area contributed by atoms with Crippen LogP contribution in [0.3, 0.4) is 0 Å². The Morgan fingerprint density at radius 2 is 1.00 bits per heavy atom. The monoisotopic (exact) mass is 564 g/mol. The molecule has 0 N–H and O–H groups in total. The fourth-order valence-electron chi connectivity index (χ4n) is 7.30. The van der Waals surface area contributed by atoms with Gasteiger partial charge in [-0.2, -0.15) is 0 Å². The second-order valence-corrected chi connectivity index (χ2v) is 11.4. The highest BCUT2D eigenvalue weighted by atomic mass is 16.6. The van der Waals surface area contributed by atoms with Crippen LogP contribution in [-0.4, -0.2) is 19.8 Å². The fraction of sp³-hybridized carbons (Fsp3) is 0.143. The molecular formula is C35H24N4O4. The molecule has 0 saturated carbocycles. The third-order valence-corrected chi connectivity index (χ3v) is 8.98. The first-order chi connectivity index (χ1) is 21.0. The maximum absolute atomic E-state index is 11.7. The number of non-ortho nitro benzene ring substituents is 2. The van der Waals surface area contributed by atoms with Crippen LogP contribution in [0.5, 0.6) is 0 Å². The van der Waals surface area contributed by atoms with Crippen molar-refractivity contribution < 1.29 is 9.85 Å². The van der Waals surface area contributed by atoms with Gasteiger partial charge in [0.2, 0.25) is 0 Å². The fourth-order valence-corrected chi connectivity index (χ4v) is 7.30. The van der Waals surface area contributed by atoms with E-state index in [1.807, 2.05) is 36.4 Å². The van der Waals surface area contributed by atoms with Gasteiger partial charge in [-0.15, -0.1) is 0 Å². The molecule has 2 unspecified atom stereocenters. The third kappa shape index (κ3) is 3.98. The normalized spacial score (nSPS) is 16.9. The molecule has 8 heteroatoms. The van der Waals surface area contributed by atoms with Gasteiger partial charge in [0, 0.05) is 46.4 Å². The van der Waals surface area contributed by atoms with Crippen LogP contribution in [0, 0.1) is 20.2 Å². The first-order valence-electron chi connectivity index (χ1n) is 14.3. The van der Waals surface area contributed by atoms with Crippen LogP contribution < -0.4 is 0 Å². The zero-order valence-electron chi connectivity index (χ0n) is 22.9. The maximum atomic E-state index is 11.7. The molecule has 0 amide bonds. The van der Waals surface area contributed by atoms with Crippen molar-refractivity contribution in [3.05, 3.63) is 140 Å². The topological polar surface area (TPSA) is 112 Å². The Labute approximate surface area is 246 Å². The van der Waals surface area contributed by atoms with Crippen molar-refractivity contribution in [3.8, 4) is 22.3 Å². The van der Waals surface area contributed by atoms with Gasteiger partial charge in [0.15, 0.2) is 0 Å². The van der Waals surface area contributed by atoms with E-state index in [0.29, 0.717) is 12.8 Å². The number of aromatic nitrogens is 2. The Kier molecular flexibility index (Phi) is 5.59. The van der Waals surface area contributed by atoms with E-state index >= 15 is 0 Å². The lowest BCUT2D eigenvalue weighted by Crippen LogP contribution is -2.28. The third-order valence-electron chi connectivity index (χ3n) is 8.98. The molecule has 43 heavy (non-hydrogen) atoms. The predicted molar refractivity (Wildman–Crippen MR) is 165 cm³/mol. The zero-order valence-corrected chi connectivity index (χ0v) is 22.9. The second-order valence-electron chi connectivity index (χ2n) is 11.4. The van der Waals surface area contributed by atoms with Crippen molar-refractivity contribution in [2.24, 2.45) is 0 Å². The predicted octanol–water partition coefficient (Wildman–Crippen LogP) is 8.30. The highest BCUT2D eigenvalue weighted by Gasteiger charge is 2.40. The molecule has 4 aromatic carbocycles. The second kappa shape index (κ2) is 9.52. The Bertz CT molecular complexity index is 1980. The number of nitrogens with zero attached hydrogens (tertiary/aromatic N) is 4. The summed E-state index contributed by atoms with van der Waals surface area (Å²) in [6, 6.07) is 30.0. The van der Waals surface area contributed by atoms with E-state index in [9.17, 15) is 20.2 Å². The average molecular weight is 565 g/mol. The minimum absolute atomic E-state index is 0.0452. The standard InChI is InChI=1S/C35H24N4O4/c40-38(41)24-11-13-28-26(18-24)32(20-7-3-1-4-8-20)34-22-15-23(17-30(34)36-28)35-31(16-22)37-29-14-12-25(39(42)43)19-27(29)33(35)21-9-5-2-6-10-21/h1-14,18-19,22-23H,15-17H2. The molecule has 0 radical (unpaired) electrons. The maximum Gasteiger partial charge on any atom is 0.270 e. The Balaban J connectivity index is 1.39. The molecule has 0 saturated heterocycles. The molecule has 2 aliphatic carbocycles. The lowest BCUT2D eigenvalue weighted by atomic mass is 9.66. The summed E-state index contributed by atoms with van der Waals surface area (Å²) in [5, 5.41) is 25.1. The largest absolute Gasteiger partial charge is 0.270 e. The summed E-state index contributed by atoms with van der Waals surface area (Å²) in [4.78, 5) is 33.0. The first kappa shape index (κ1) is 25.2. The first-order valence-corrected chi connectivity index (χ1v) is 14.3. The molecule has 0 spiro atoms. The number of fused-ring (bicyclic) bond motifs is 8. The van der Waals surface area contributed by atoms with Crippen LogP contribution in [0.2, 0.25) is 0 Å². The van der Waals surface area contributed by atoms with Gasteiger partial charge >= 0.3 is 0 Å². The molecular weight excluding hydrogens is 540 g/mol. The molecule has 2 aliphatic rings. The van der Waals surface area contributed by atoms with Gasteiger partial charge in [0.05, 0.1) is 20.9 Å². The molecule has 0 aliphatic heterocycles. The molecule has 0 fully saturated rings. The molecule has 2 bridgehead atoms. The molecule has 2 aromatic heterocycles. The van der Waals surface area contributed by atoms with E-state index in [1.54, 1.807) is 24.3 Å². The number of pyridine rings is 2. The lowest BCUT2D eigenvalue weighted by Gasteiger charge is -2.39. The summed E-state index contributed by atoms with van der Waals surface area (Å²) in [5.74, 6) is 0.249. The van der Waals surface area contributed by atoms with E-state index < -0.39 is 0 Å². The van der Waals surface area contributed by atoms with Crippen LogP contribution in [0.15, 0.2) is 97.1 Å². The number of hydrogen-bond acceptors (Lipinski definition) is 6. The average Bonchev–Trinajstić information content (AvgIpc) is 3.03. The highest BCUT2D eigenvalue weighted by molar-refractivity contribution is 6.00. The smallest absolute Gasteiger partial charge is 0.258 e. The number of nitro groups is 2. The number of nitro benzene ring substituents is 2. The Hall–Kier alpha value is -5.50. The van der Waals surface area contributed by atoms with Crippen molar-refractivity contribution in [3.63, 3.8) is 0 Å². The Morgan fingerprint density at radius 3 is 1.40 bits per heavy atom. The minimum Gasteiger partial charge on any atom is -0.258 e. The van der Waals surface area contributed by atoms with Crippen LogP contribution in [0.4, 0.5) is 11.4 Å². The quantitative estimate of drug-likeness (QED) is 0.157. The van der Waals surface area contributed by atoms with Crippen molar-refractivity contribution in [1.82, 2.24) is 9.97 Å². The summed E-state index contributed by atoms with van der Waals surface area (Å²) in [7, 11) is 0. The zero-order chi connectivity index (χ0) is 29.2. The minimum atomic E-state index is -0.356. The molecule has 8 nitrogen and oxygen atoms in total. The molecule has 2 atom stereocenters. The summed E-state index contributed by atoms with van der Waals surface area (Å²) in [6.07, 6.45) is 2.25. The highest BCUT2D eigenvalue weighted by Crippen LogP contribution is 2.53. The van der Waals surface area contributed by atoms with Gasteiger partial charge in [0.25, 0.3) is 11.4 Å². The van der Waals surface area contributed by atoms with Crippen LogP contribution >= 0.6 is 0 Å². The molecule has 2 heterocycles. The van der Waals surface area contributed by atoms with Crippen molar-refractivity contribution >= 4 is 33.2 Å². The van der Waals surface area contributed by atoms with Crippen LogP contribution in [0.25, 0.3) is 44.1 Å². The number of rotatable bonds is 4. The van der Waals surface area contributed by atoms with E-state index in [0.717, 1.165) is 73.0 Å². The number of hydrogen-bond donors (Lipinski definition) is 0. The van der Waals surface area contributed by atoms with Gasteiger partial charge < -0.3 is 0 Å². The Morgan fingerprint density at radius 1 is 0.581 bits per heavy atom. The van der Waals surface area contributed by atoms with Gasteiger partial charge in [0.1, 0.15) is 0 Å². The number of benzene rings is 4. The summed E-state index contributed by atoms with van der Waals surface area (Å²) < 4.78 is 0. The molecule has 8 rings (SSSR count). The van der Waals surface area contributed by atoms with Crippen molar-refractivity contribution in [2.45, 2.75) is 31.1 Å². The van der Waals surface area contributed by atoms with E-state index in [2.05, 4.69) is 24.3 Å². The van der Waals surface area contributed by atoms with Crippen LogP contribution in [0.1, 0.15) is 40.8 Å². The van der Waals surface area contributed by atoms with Crippen molar-refractivity contribution in [1.29, 1.82) is 0 Å². The SMILES string of the molecule is O=[N+]([O-])c1ccc2nc3c(c(-c4ccccc4)c2c1)C1Cc2nc4ccc([N+](=O)[O-])cc4c(-c4ccccc4)c2C(C3)C1. The van der Waals surface area contributed by atoms with Crippen molar-refractivity contribution in [2.75, 3.05) is 0 Å². The van der Waals surface area contributed by atoms with E-state index in [4.69, 9.17) is 9.97 Å². The van der Waals surface area contributed by atoms with Gasteiger partial charge in [-0.25, -0.2) is 0 Å². The van der Waals surface area contributed by atoms with Crippen LogP contribution in [-0.2, 0) is 12.8 Å². The summed E-state index contributed by atoms with van der Waals surface area (Å²) in [6.45, 7) is 0. The summed E-state index contributed by atoms with van der Waals surface area (Å²) >= 11 is 0.